The highest BCUT2D eigenvalue weighted by atomic mass is 16.1. The first kappa shape index (κ1) is 17.4. The fraction of sp³-hybridized carbons (Fsp3) is 0.611. The second kappa shape index (κ2) is 7.11. The summed E-state index contributed by atoms with van der Waals surface area (Å²) in [7, 11) is 1.86. The van der Waals surface area contributed by atoms with Gasteiger partial charge in [0.2, 0.25) is 0 Å². The Labute approximate surface area is 138 Å². The van der Waals surface area contributed by atoms with Gasteiger partial charge in [0, 0.05) is 18.8 Å². The summed E-state index contributed by atoms with van der Waals surface area (Å²) in [6.45, 7) is 10.3. The van der Waals surface area contributed by atoms with E-state index in [9.17, 15) is 4.79 Å². The van der Waals surface area contributed by atoms with Gasteiger partial charge in [0.1, 0.15) is 0 Å². The Morgan fingerprint density at radius 1 is 1.26 bits per heavy atom. The summed E-state index contributed by atoms with van der Waals surface area (Å²) in [4.78, 5) is 17.2. The third-order valence-electron chi connectivity index (χ3n) is 4.14. The number of aromatic nitrogens is 3. The number of hydrogen-bond donors (Lipinski definition) is 1. The van der Waals surface area contributed by atoms with Crippen LogP contribution in [0.4, 0.5) is 0 Å². The van der Waals surface area contributed by atoms with Gasteiger partial charge in [-0.25, -0.2) is 4.98 Å². The molecule has 0 radical (unpaired) electrons. The van der Waals surface area contributed by atoms with Crippen LogP contribution in [-0.4, -0.2) is 26.7 Å². The van der Waals surface area contributed by atoms with Crippen LogP contribution in [0.2, 0.25) is 0 Å². The molecule has 0 unspecified atom stereocenters. The topological polar surface area (TPSA) is 59.8 Å². The molecule has 5 heteroatoms. The van der Waals surface area contributed by atoms with E-state index in [1.807, 2.05) is 27.0 Å². The zero-order valence-corrected chi connectivity index (χ0v) is 15.1. The van der Waals surface area contributed by atoms with Crippen LogP contribution >= 0.6 is 0 Å². The van der Waals surface area contributed by atoms with Gasteiger partial charge in [-0.15, -0.1) is 0 Å². The van der Waals surface area contributed by atoms with Crippen LogP contribution < -0.4 is 5.32 Å². The lowest BCUT2D eigenvalue weighted by atomic mass is 10.0. The van der Waals surface area contributed by atoms with Crippen molar-refractivity contribution in [1.29, 1.82) is 0 Å². The number of fused-ring (bicyclic) bond motifs is 1. The number of nitrogens with zero attached hydrogens (tertiary/aromatic N) is 3. The minimum Gasteiger partial charge on any atom is -0.350 e. The molecule has 2 rings (SSSR count). The quantitative estimate of drug-likeness (QED) is 0.887. The van der Waals surface area contributed by atoms with Crippen molar-refractivity contribution in [3.8, 4) is 0 Å². The molecule has 2 aromatic rings. The van der Waals surface area contributed by atoms with E-state index in [0.717, 1.165) is 35.3 Å². The van der Waals surface area contributed by atoms with Gasteiger partial charge in [0.25, 0.3) is 5.91 Å². The van der Waals surface area contributed by atoms with Gasteiger partial charge in [0.15, 0.2) is 5.65 Å². The molecule has 0 spiro atoms. The summed E-state index contributed by atoms with van der Waals surface area (Å²) in [5.41, 5.74) is 3.11. The fourth-order valence-electron chi connectivity index (χ4n) is 2.96. The zero-order valence-electron chi connectivity index (χ0n) is 15.1. The van der Waals surface area contributed by atoms with Crippen molar-refractivity contribution < 1.29 is 4.79 Å². The number of rotatable bonds is 6. The molecule has 0 aromatic carbocycles. The Morgan fingerprint density at radius 2 is 1.96 bits per heavy atom. The Hall–Kier alpha value is -1.91. The van der Waals surface area contributed by atoms with E-state index in [2.05, 4.69) is 36.2 Å². The first-order valence-corrected chi connectivity index (χ1v) is 8.41. The molecule has 0 aliphatic heterocycles. The third kappa shape index (κ3) is 4.09. The largest absolute Gasteiger partial charge is 0.350 e. The van der Waals surface area contributed by atoms with Gasteiger partial charge in [-0.2, -0.15) is 5.10 Å². The van der Waals surface area contributed by atoms with Crippen molar-refractivity contribution in [2.24, 2.45) is 13.0 Å². The smallest absolute Gasteiger partial charge is 0.252 e. The number of carbonyl (C=O) groups is 1. The lowest BCUT2D eigenvalue weighted by molar-refractivity contribution is 0.0939. The lowest BCUT2D eigenvalue weighted by Crippen LogP contribution is -2.32. The molecule has 0 saturated carbocycles. The van der Waals surface area contributed by atoms with Gasteiger partial charge in [-0.05, 0) is 39.2 Å². The molecule has 0 aliphatic rings. The summed E-state index contributed by atoms with van der Waals surface area (Å²) in [6, 6.07) is 2.02. The maximum Gasteiger partial charge on any atom is 0.252 e. The average molecular weight is 316 g/mol. The molecular weight excluding hydrogens is 288 g/mol. The maximum atomic E-state index is 12.7. The zero-order chi connectivity index (χ0) is 17.1. The molecule has 2 aromatic heterocycles. The van der Waals surface area contributed by atoms with Crippen LogP contribution in [0.25, 0.3) is 11.0 Å². The first-order chi connectivity index (χ1) is 10.8. The summed E-state index contributed by atoms with van der Waals surface area (Å²) >= 11 is 0. The highest BCUT2D eigenvalue weighted by Gasteiger charge is 2.18. The van der Waals surface area contributed by atoms with Crippen molar-refractivity contribution in [3.05, 3.63) is 23.0 Å². The molecule has 0 bridgehead atoms. The van der Waals surface area contributed by atoms with E-state index in [4.69, 9.17) is 0 Å². The van der Waals surface area contributed by atoms with Crippen LogP contribution in [0.3, 0.4) is 0 Å². The molecule has 2 heterocycles. The van der Waals surface area contributed by atoms with Crippen molar-refractivity contribution in [3.63, 3.8) is 0 Å². The van der Waals surface area contributed by atoms with Crippen LogP contribution in [0, 0.1) is 19.8 Å². The summed E-state index contributed by atoms with van der Waals surface area (Å²) in [5.74, 6) is 0.673. The van der Waals surface area contributed by atoms with Crippen LogP contribution in [-0.2, 0) is 7.05 Å². The molecule has 126 valence electrons. The lowest BCUT2D eigenvalue weighted by Gasteiger charge is -2.15. The number of aryl methyl sites for hydroxylation is 3. The van der Waals surface area contributed by atoms with E-state index < -0.39 is 0 Å². The molecule has 1 N–H and O–H groups in total. The molecule has 0 saturated heterocycles. The predicted molar refractivity (Wildman–Crippen MR) is 93.6 cm³/mol. The maximum absolute atomic E-state index is 12.7. The number of pyridine rings is 1. The molecule has 0 aliphatic carbocycles. The normalized spacial score (nSPS) is 12.8. The minimum absolute atomic E-state index is 0.0337. The Balaban J connectivity index is 2.18. The SMILES string of the molecule is Cc1cc(C(=O)N[C@H](C)CCCC(C)C)c2c(C)nn(C)c2n1. The van der Waals surface area contributed by atoms with Crippen molar-refractivity contribution in [2.75, 3.05) is 0 Å². The van der Waals surface area contributed by atoms with Crippen molar-refractivity contribution in [1.82, 2.24) is 20.1 Å². The first-order valence-electron chi connectivity index (χ1n) is 8.41. The summed E-state index contributed by atoms with van der Waals surface area (Å²) in [5, 5.41) is 8.37. The Kier molecular flexibility index (Phi) is 5.39. The van der Waals surface area contributed by atoms with Gasteiger partial charge >= 0.3 is 0 Å². The number of hydrogen-bond acceptors (Lipinski definition) is 3. The highest BCUT2D eigenvalue weighted by Crippen LogP contribution is 2.21. The van der Waals surface area contributed by atoms with Crippen molar-refractivity contribution in [2.45, 2.75) is 59.9 Å². The van der Waals surface area contributed by atoms with Gasteiger partial charge < -0.3 is 5.32 Å². The molecule has 1 amide bonds. The average Bonchev–Trinajstić information content (AvgIpc) is 2.72. The number of carbonyl (C=O) groups excluding carboxylic acids is 1. The van der Waals surface area contributed by atoms with Gasteiger partial charge in [0.05, 0.1) is 16.6 Å². The highest BCUT2D eigenvalue weighted by molar-refractivity contribution is 6.06. The molecular formula is C18H28N4O. The third-order valence-corrected chi connectivity index (χ3v) is 4.14. The Bertz CT molecular complexity index is 703. The fourth-order valence-corrected chi connectivity index (χ4v) is 2.96. The molecule has 23 heavy (non-hydrogen) atoms. The second-order valence-corrected chi connectivity index (χ2v) is 6.92. The standard InChI is InChI=1S/C18H28N4O/c1-11(2)8-7-9-12(3)20-18(23)15-10-13(4)19-17-16(15)14(5)21-22(17)6/h10-12H,7-9H2,1-6H3,(H,20,23)/t12-/m1/s1. The van der Waals surface area contributed by atoms with E-state index in [-0.39, 0.29) is 11.9 Å². The number of nitrogens with one attached hydrogen (secondary N) is 1. The summed E-state index contributed by atoms with van der Waals surface area (Å²) < 4.78 is 1.74. The van der Waals surface area contributed by atoms with Gasteiger partial charge in [-0.3, -0.25) is 9.48 Å². The van der Waals surface area contributed by atoms with E-state index >= 15 is 0 Å². The molecule has 1 atom stereocenters. The van der Waals surface area contributed by atoms with Crippen LogP contribution in [0.1, 0.15) is 61.8 Å². The summed E-state index contributed by atoms with van der Waals surface area (Å²) in [6.07, 6.45) is 3.33. The second-order valence-electron chi connectivity index (χ2n) is 6.92. The Morgan fingerprint density at radius 3 is 2.61 bits per heavy atom. The molecule has 0 fully saturated rings. The van der Waals surface area contributed by atoms with E-state index in [0.29, 0.717) is 11.5 Å². The van der Waals surface area contributed by atoms with Gasteiger partial charge in [-0.1, -0.05) is 26.7 Å². The monoisotopic (exact) mass is 316 g/mol. The van der Waals surface area contributed by atoms with Crippen LogP contribution in [0.15, 0.2) is 6.07 Å². The van der Waals surface area contributed by atoms with Crippen molar-refractivity contribution >= 4 is 16.9 Å². The predicted octanol–water partition coefficient (Wildman–Crippen LogP) is 3.53. The molecule has 5 nitrogen and oxygen atoms in total. The number of amides is 1. The minimum atomic E-state index is -0.0337. The van der Waals surface area contributed by atoms with E-state index in [1.165, 1.54) is 6.42 Å². The van der Waals surface area contributed by atoms with E-state index in [1.54, 1.807) is 4.68 Å². The van der Waals surface area contributed by atoms with Crippen LogP contribution in [0.5, 0.6) is 0 Å².